The van der Waals surface area contributed by atoms with Gasteiger partial charge >= 0.3 is 0 Å². The smallest absolute Gasteiger partial charge is 0.253 e. The number of amides is 1. The monoisotopic (exact) mass is 424 g/mol. The van der Waals surface area contributed by atoms with Crippen molar-refractivity contribution in [3.05, 3.63) is 65.5 Å². The molecule has 0 aliphatic carbocycles. The lowest BCUT2D eigenvalue weighted by Crippen LogP contribution is -2.48. The number of rotatable bonds is 6. The van der Waals surface area contributed by atoms with Crippen molar-refractivity contribution in [1.82, 2.24) is 14.3 Å². The maximum Gasteiger partial charge on any atom is 0.253 e. The van der Waals surface area contributed by atoms with Crippen molar-refractivity contribution in [2.45, 2.75) is 6.42 Å². The Balaban J connectivity index is 1.34. The van der Waals surface area contributed by atoms with Crippen LogP contribution in [0.4, 0.5) is 5.13 Å². The van der Waals surface area contributed by atoms with Crippen LogP contribution < -0.4 is 14.4 Å². The van der Waals surface area contributed by atoms with Crippen LogP contribution in [0, 0.1) is 0 Å². The maximum atomic E-state index is 12.7. The number of hydrogen-bond acceptors (Lipinski definition) is 7. The van der Waals surface area contributed by atoms with Crippen LogP contribution in [0.1, 0.15) is 21.7 Å². The number of aromatic nitrogens is 2. The van der Waals surface area contributed by atoms with Crippen molar-refractivity contribution >= 4 is 22.6 Å². The summed E-state index contributed by atoms with van der Waals surface area (Å²) in [6, 6.07) is 15.2. The number of piperazine rings is 1. The molecule has 0 bridgehead atoms. The normalized spacial score (nSPS) is 13.9. The summed E-state index contributed by atoms with van der Waals surface area (Å²) in [5.41, 5.74) is 1.80. The van der Waals surface area contributed by atoms with Crippen LogP contribution >= 0.6 is 11.5 Å². The highest BCUT2D eigenvalue weighted by Crippen LogP contribution is 2.22. The summed E-state index contributed by atoms with van der Waals surface area (Å²) in [6.07, 6.45) is 0.670. The van der Waals surface area contributed by atoms with E-state index in [1.807, 2.05) is 53.4 Å². The van der Waals surface area contributed by atoms with E-state index in [4.69, 9.17) is 14.5 Å². The number of ether oxygens (including phenoxy) is 2. The van der Waals surface area contributed by atoms with Crippen molar-refractivity contribution in [3.63, 3.8) is 0 Å². The van der Waals surface area contributed by atoms with Gasteiger partial charge in [-0.1, -0.05) is 12.1 Å². The number of nitrogens with zero attached hydrogens (tertiary/aromatic N) is 4. The zero-order valence-electron chi connectivity index (χ0n) is 17.1. The summed E-state index contributed by atoms with van der Waals surface area (Å²) in [6.45, 7) is 2.82. The molecule has 8 heteroatoms. The second-order valence-corrected chi connectivity index (χ2v) is 7.76. The summed E-state index contributed by atoms with van der Waals surface area (Å²) in [4.78, 5) is 21.5. The van der Waals surface area contributed by atoms with E-state index in [0.29, 0.717) is 25.1 Å². The highest BCUT2D eigenvalue weighted by Gasteiger charge is 2.24. The summed E-state index contributed by atoms with van der Waals surface area (Å²) >= 11 is 1.41. The van der Waals surface area contributed by atoms with Crippen LogP contribution in [0.5, 0.6) is 11.5 Å². The fourth-order valence-corrected chi connectivity index (χ4v) is 4.16. The average molecular weight is 425 g/mol. The molecule has 1 saturated heterocycles. The molecular weight excluding hydrogens is 400 g/mol. The Hall–Kier alpha value is -3.13. The highest BCUT2D eigenvalue weighted by molar-refractivity contribution is 7.09. The molecule has 0 N–H and O–H groups in total. The predicted octanol–water partition coefficient (Wildman–Crippen LogP) is 3.11. The number of methoxy groups -OCH3 is 2. The Labute approximate surface area is 180 Å². The molecule has 3 aromatic rings. The van der Waals surface area contributed by atoms with Gasteiger partial charge in [0.25, 0.3) is 5.91 Å². The second kappa shape index (κ2) is 9.13. The second-order valence-electron chi connectivity index (χ2n) is 7.03. The van der Waals surface area contributed by atoms with Gasteiger partial charge in [-0.2, -0.15) is 4.37 Å². The SMILES string of the molecule is COc1ccc(C(=O)N2CCN(c3nc(Cc4cccc(OC)c4)ns3)CC2)cc1. The molecule has 1 fully saturated rings. The maximum absolute atomic E-state index is 12.7. The Morgan fingerprint density at radius 2 is 1.73 bits per heavy atom. The molecule has 1 aliphatic rings. The lowest BCUT2D eigenvalue weighted by molar-refractivity contribution is 0.0746. The van der Waals surface area contributed by atoms with Crippen LogP contribution in [0.15, 0.2) is 48.5 Å². The zero-order valence-corrected chi connectivity index (χ0v) is 17.9. The molecule has 1 aromatic heterocycles. The molecule has 2 heterocycles. The number of carbonyl (C=O) groups is 1. The number of carbonyl (C=O) groups excluding carboxylic acids is 1. The Kier molecular flexibility index (Phi) is 6.13. The van der Waals surface area contributed by atoms with Gasteiger partial charge < -0.3 is 19.3 Å². The first-order valence-corrected chi connectivity index (χ1v) is 10.6. The van der Waals surface area contributed by atoms with Crippen molar-refractivity contribution in [3.8, 4) is 11.5 Å². The van der Waals surface area contributed by atoms with Gasteiger partial charge in [-0.05, 0) is 42.0 Å². The van der Waals surface area contributed by atoms with Crippen LogP contribution in [0.2, 0.25) is 0 Å². The van der Waals surface area contributed by atoms with E-state index in [0.717, 1.165) is 41.1 Å². The zero-order chi connectivity index (χ0) is 20.9. The van der Waals surface area contributed by atoms with E-state index in [-0.39, 0.29) is 5.91 Å². The van der Waals surface area contributed by atoms with Gasteiger partial charge in [0.05, 0.1) is 14.2 Å². The largest absolute Gasteiger partial charge is 0.497 e. The van der Waals surface area contributed by atoms with E-state index >= 15 is 0 Å². The van der Waals surface area contributed by atoms with Crippen LogP contribution in [0.3, 0.4) is 0 Å². The fourth-order valence-electron chi connectivity index (χ4n) is 3.43. The Bertz CT molecular complexity index is 998. The molecular formula is C22H24N4O3S. The van der Waals surface area contributed by atoms with Crippen LogP contribution in [-0.4, -0.2) is 60.6 Å². The minimum absolute atomic E-state index is 0.0493. The molecule has 0 unspecified atom stereocenters. The summed E-state index contributed by atoms with van der Waals surface area (Å²) < 4.78 is 15.0. The van der Waals surface area contributed by atoms with Crippen molar-refractivity contribution < 1.29 is 14.3 Å². The van der Waals surface area contributed by atoms with Crippen molar-refractivity contribution in [1.29, 1.82) is 0 Å². The van der Waals surface area contributed by atoms with Crippen LogP contribution in [-0.2, 0) is 6.42 Å². The number of benzene rings is 2. The standard InChI is InChI=1S/C22H24N4O3S/c1-28-18-8-6-17(7-9-18)21(27)25-10-12-26(13-11-25)22-23-20(24-30-22)15-16-4-3-5-19(14-16)29-2/h3-9,14H,10-13,15H2,1-2H3. The van der Waals surface area contributed by atoms with Gasteiger partial charge in [-0.15, -0.1) is 0 Å². The molecule has 0 atom stereocenters. The minimum atomic E-state index is 0.0493. The molecule has 30 heavy (non-hydrogen) atoms. The number of anilines is 1. The predicted molar refractivity (Wildman–Crippen MR) is 117 cm³/mol. The van der Waals surface area contributed by atoms with E-state index in [2.05, 4.69) is 9.27 Å². The van der Waals surface area contributed by atoms with Crippen molar-refractivity contribution in [2.24, 2.45) is 0 Å². The third-order valence-electron chi connectivity index (χ3n) is 5.13. The highest BCUT2D eigenvalue weighted by atomic mass is 32.1. The third kappa shape index (κ3) is 4.54. The van der Waals surface area contributed by atoms with E-state index in [1.54, 1.807) is 14.2 Å². The lowest BCUT2D eigenvalue weighted by Gasteiger charge is -2.34. The molecule has 7 nitrogen and oxygen atoms in total. The fraction of sp³-hybridized carbons (Fsp3) is 0.318. The molecule has 4 rings (SSSR count). The minimum Gasteiger partial charge on any atom is -0.497 e. The summed E-state index contributed by atoms with van der Waals surface area (Å²) in [5, 5.41) is 0.907. The van der Waals surface area contributed by atoms with Gasteiger partial charge in [-0.25, -0.2) is 4.98 Å². The van der Waals surface area contributed by atoms with Crippen molar-refractivity contribution in [2.75, 3.05) is 45.3 Å². The first kappa shape index (κ1) is 20.2. The molecule has 0 saturated carbocycles. The van der Waals surface area contributed by atoms with Gasteiger partial charge in [0.2, 0.25) is 5.13 Å². The molecule has 1 amide bonds. The van der Waals surface area contributed by atoms with Crippen LogP contribution in [0.25, 0.3) is 0 Å². The third-order valence-corrected chi connectivity index (χ3v) is 5.94. The molecule has 0 radical (unpaired) electrons. The first-order chi connectivity index (χ1) is 14.7. The number of hydrogen-bond donors (Lipinski definition) is 0. The summed E-state index contributed by atoms with van der Waals surface area (Å²) in [7, 11) is 3.28. The first-order valence-electron chi connectivity index (χ1n) is 9.80. The molecule has 2 aromatic carbocycles. The van der Waals surface area contributed by atoms with Gasteiger partial charge in [0, 0.05) is 49.7 Å². The van der Waals surface area contributed by atoms with E-state index < -0.39 is 0 Å². The lowest BCUT2D eigenvalue weighted by atomic mass is 10.1. The van der Waals surface area contributed by atoms with Gasteiger partial charge in [0.1, 0.15) is 17.3 Å². The molecule has 1 aliphatic heterocycles. The Morgan fingerprint density at radius 3 is 2.43 bits per heavy atom. The molecule has 0 spiro atoms. The molecule has 156 valence electrons. The Morgan fingerprint density at radius 1 is 1.00 bits per heavy atom. The average Bonchev–Trinajstić information content (AvgIpc) is 3.27. The van der Waals surface area contributed by atoms with E-state index in [1.165, 1.54) is 11.5 Å². The van der Waals surface area contributed by atoms with E-state index in [9.17, 15) is 4.79 Å². The quantitative estimate of drug-likeness (QED) is 0.606. The summed E-state index contributed by atoms with van der Waals surface area (Å²) in [5.74, 6) is 2.44. The topological polar surface area (TPSA) is 67.8 Å². The van der Waals surface area contributed by atoms with Gasteiger partial charge in [-0.3, -0.25) is 4.79 Å². The van der Waals surface area contributed by atoms with Gasteiger partial charge in [0.15, 0.2) is 0 Å².